The molecule has 0 spiro atoms. The summed E-state index contributed by atoms with van der Waals surface area (Å²) < 4.78 is 0. The van der Waals surface area contributed by atoms with Crippen LogP contribution in [0, 0.1) is 0 Å². The smallest absolute Gasteiger partial charge is 0.305 e. The molecule has 9 nitrogen and oxygen atoms in total. The summed E-state index contributed by atoms with van der Waals surface area (Å²) in [5.74, 6) is -2.60. The van der Waals surface area contributed by atoms with Gasteiger partial charge in [0.05, 0.1) is 6.42 Å². The van der Waals surface area contributed by atoms with Gasteiger partial charge in [-0.15, -0.1) is 0 Å². The van der Waals surface area contributed by atoms with Crippen molar-refractivity contribution >= 4 is 29.6 Å². The number of fused-ring (bicyclic) bond motifs is 1. The number of carbonyl (C=O) groups is 5. The minimum absolute atomic E-state index is 0.172. The number of imide groups is 1. The molecule has 2 atom stereocenters. The predicted molar refractivity (Wildman–Crippen MR) is 91.7 cm³/mol. The predicted octanol–water partition coefficient (Wildman–Crippen LogP) is 0.0406. The topological polar surface area (TPSA) is 133 Å². The summed E-state index contributed by atoms with van der Waals surface area (Å²) >= 11 is 0. The molecule has 0 radical (unpaired) electrons. The monoisotopic (exact) mass is 373 g/mol. The second-order valence-corrected chi connectivity index (χ2v) is 6.74. The molecule has 1 aromatic rings. The van der Waals surface area contributed by atoms with Gasteiger partial charge in [0.1, 0.15) is 6.04 Å². The Hall–Kier alpha value is -3.23. The van der Waals surface area contributed by atoms with Crippen molar-refractivity contribution in [2.45, 2.75) is 44.8 Å². The molecule has 142 valence electrons. The highest BCUT2D eigenvalue weighted by atomic mass is 16.4. The van der Waals surface area contributed by atoms with E-state index in [4.69, 9.17) is 5.11 Å². The Bertz CT molecular complexity index is 849. The van der Waals surface area contributed by atoms with Crippen LogP contribution in [0.1, 0.15) is 52.5 Å². The summed E-state index contributed by atoms with van der Waals surface area (Å²) in [6, 6.07) is 3.34. The fourth-order valence-corrected chi connectivity index (χ4v) is 3.34. The van der Waals surface area contributed by atoms with Crippen LogP contribution in [-0.4, -0.2) is 51.7 Å². The number of amides is 4. The summed E-state index contributed by atoms with van der Waals surface area (Å²) in [6.45, 7) is 1.76. The molecule has 3 N–H and O–H groups in total. The van der Waals surface area contributed by atoms with Gasteiger partial charge < -0.3 is 15.3 Å². The van der Waals surface area contributed by atoms with Crippen LogP contribution in [0.2, 0.25) is 0 Å². The standard InChI is InChI=1S/C18H19N3O6/c1-9(6-15(23)24)19-16(25)10-2-3-12-11(7-10)8-21(18(12)27)13-4-5-14(22)20-17(13)26/h2-3,7,9,13H,4-6,8H2,1H3,(H,19,25)(H,23,24)(H,20,22,26)/t9-,13?/m1/s1. The summed E-state index contributed by atoms with van der Waals surface area (Å²) in [5.41, 5.74) is 1.34. The number of nitrogens with one attached hydrogen (secondary N) is 2. The summed E-state index contributed by atoms with van der Waals surface area (Å²) in [6.07, 6.45) is 0.245. The number of piperidine rings is 1. The Labute approximate surface area is 154 Å². The zero-order valence-corrected chi connectivity index (χ0v) is 14.7. The van der Waals surface area contributed by atoms with E-state index in [-0.39, 0.29) is 37.6 Å². The number of benzene rings is 1. The number of carbonyl (C=O) groups excluding carboxylic acids is 4. The van der Waals surface area contributed by atoms with Gasteiger partial charge in [0.15, 0.2) is 0 Å². The van der Waals surface area contributed by atoms with Crippen molar-refractivity contribution in [3.05, 3.63) is 34.9 Å². The van der Waals surface area contributed by atoms with Gasteiger partial charge in [-0.3, -0.25) is 29.3 Å². The normalized spacial score (nSPS) is 20.1. The van der Waals surface area contributed by atoms with Gasteiger partial charge in [-0.2, -0.15) is 0 Å². The van der Waals surface area contributed by atoms with E-state index >= 15 is 0 Å². The van der Waals surface area contributed by atoms with E-state index < -0.39 is 29.9 Å². The van der Waals surface area contributed by atoms with E-state index in [0.29, 0.717) is 16.7 Å². The maximum Gasteiger partial charge on any atom is 0.305 e. The van der Waals surface area contributed by atoms with E-state index in [1.807, 2.05) is 0 Å². The highest BCUT2D eigenvalue weighted by Crippen LogP contribution is 2.28. The third-order valence-electron chi connectivity index (χ3n) is 4.64. The van der Waals surface area contributed by atoms with E-state index in [2.05, 4.69) is 10.6 Å². The minimum atomic E-state index is -1.01. The second kappa shape index (κ2) is 7.18. The molecule has 2 heterocycles. The van der Waals surface area contributed by atoms with Crippen LogP contribution in [0.4, 0.5) is 0 Å². The van der Waals surface area contributed by atoms with Gasteiger partial charge in [0, 0.05) is 30.1 Å². The Morgan fingerprint density at radius 1 is 1.33 bits per heavy atom. The summed E-state index contributed by atoms with van der Waals surface area (Å²) in [7, 11) is 0. The molecule has 1 saturated heterocycles. The van der Waals surface area contributed by atoms with Crippen LogP contribution in [0.25, 0.3) is 0 Å². The molecule has 9 heteroatoms. The number of carboxylic acids is 1. The number of hydrogen-bond donors (Lipinski definition) is 3. The fourth-order valence-electron chi connectivity index (χ4n) is 3.34. The van der Waals surface area contributed by atoms with Crippen LogP contribution >= 0.6 is 0 Å². The molecule has 2 aliphatic rings. The van der Waals surface area contributed by atoms with Crippen molar-refractivity contribution < 1.29 is 29.1 Å². The number of hydrogen-bond acceptors (Lipinski definition) is 5. The zero-order chi connectivity index (χ0) is 19.7. The number of aliphatic carboxylic acids is 1. The lowest BCUT2D eigenvalue weighted by atomic mass is 10.0. The van der Waals surface area contributed by atoms with Gasteiger partial charge in [0.2, 0.25) is 11.8 Å². The average molecular weight is 373 g/mol. The zero-order valence-electron chi connectivity index (χ0n) is 14.7. The highest BCUT2D eigenvalue weighted by Gasteiger charge is 2.39. The maximum absolute atomic E-state index is 12.6. The molecule has 1 fully saturated rings. The highest BCUT2D eigenvalue weighted by molar-refractivity contribution is 6.06. The van der Waals surface area contributed by atoms with Crippen LogP contribution in [0.5, 0.6) is 0 Å². The molecule has 3 rings (SSSR count). The van der Waals surface area contributed by atoms with Crippen molar-refractivity contribution in [1.29, 1.82) is 0 Å². The molecule has 27 heavy (non-hydrogen) atoms. The largest absolute Gasteiger partial charge is 0.481 e. The minimum Gasteiger partial charge on any atom is -0.481 e. The van der Waals surface area contributed by atoms with Gasteiger partial charge in [-0.25, -0.2) is 0 Å². The molecule has 1 aromatic carbocycles. The van der Waals surface area contributed by atoms with Crippen molar-refractivity contribution in [3.8, 4) is 0 Å². The van der Waals surface area contributed by atoms with Gasteiger partial charge in [0.25, 0.3) is 11.8 Å². The fraction of sp³-hybridized carbons (Fsp3) is 0.389. The van der Waals surface area contributed by atoms with Crippen LogP contribution < -0.4 is 10.6 Å². The van der Waals surface area contributed by atoms with Crippen molar-refractivity contribution in [3.63, 3.8) is 0 Å². The first-order chi connectivity index (χ1) is 12.8. The van der Waals surface area contributed by atoms with Gasteiger partial charge >= 0.3 is 5.97 Å². The number of rotatable bonds is 5. The molecule has 0 bridgehead atoms. The van der Waals surface area contributed by atoms with E-state index in [1.165, 1.54) is 17.0 Å². The molecule has 4 amide bonds. The Balaban J connectivity index is 1.74. The van der Waals surface area contributed by atoms with E-state index in [0.717, 1.165) is 0 Å². The van der Waals surface area contributed by atoms with Gasteiger partial charge in [-0.05, 0) is 37.1 Å². The lowest BCUT2D eigenvalue weighted by Gasteiger charge is -2.29. The molecular formula is C18H19N3O6. The molecule has 0 saturated carbocycles. The molecule has 2 aliphatic heterocycles. The average Bonchev–Trinajstić information content (AvgIpc) is 2.90. The van der Waals surface area contributed by atoms with Gasteiger partial charge in [-0.1, -0.05) is 0 Å². The summed E-state index contributed by atoms with van der Waals surface area (Å²) in [5, 5.41) is 13.6. The summed E-state index contributed by atoms with van der Waals surface area (Å²) in [4.78, 5) is 60.3. The quantitative estimate of drug-likeness (QED) is 0.624. The van der Waals surface area contributed by atoms with Crippen LogP contribution in [0.3, 0.4) is 0 Å². The third-order valence-corrected chi connectivity index (χ3v) is 4.64. The Morgan fingerprint density at radius 3 is 2.74 bits per heavy atom. The van der Waals surface area contributed by atoms with Crippen molar-refractivity contribution in [2.24, 2.45) is 0 Å². The Morgan fingerprint density at radius 2 is 2.07 bits per heavy atom. The van der Waals surface area contributed by atoms with E-state index in [1.54, 1.807) is 13.0 Å². The lowest BCUT2D eigenvalue weighted by molar-refractivity contribution is -0.138. The first-order valence-electron chi connectivity index (χ1n) is 8.56. The molecular weight excluding hydrogens is 354 g/mol. The first kappa shape index (κ1) is 18.6. The SMILES string of the molecule is C[C@H](CC(=O)O)NC(=O)c1ccc2c(c1)CN(C1CCC(=O)NC1=O)C2=O. The second-order valence-electron chi connectivity index (χ2n) is 6.74. The Kier molecular flexibility index (Phi) is 4.93. The molecule has 0 aliphatic carbocycles. The van der Waals surface area contributed by atoms with Crippen molar-refractivity contribution in [1.82, 2.24) is 15.5 Å². The lowest BCUT2D eigenvalue weighted by Crippen LogP contribution is -2.52. The van der Waals surface area contributed by atoms with E-state index in [9.17, 15) is 24.0 Å². The van der Waals surface area contributed by atoms with Crippen LogP contribution in [0.15, 0.2) is 18.2 Å². The molecule has 1 unspecified atom stereocenters. The third kappa shape index (κ3) is 3.81. The number of carboxylic acid groups (broad SMARTS) is 1. The number of nitrogens with zero attached hydrogens (tertiary/aromatic N) is 1. The van der Waals surface area contributed by atoms with Crippen LogP contribution in [-0.2, 0) is 20.9 Å². The van der Waals surface area contributed by atoms with Crippen molar-refractivity contribution in [2.75, 3.05) is 0 Å². The maximum atomic E-state index is 12.6. The molecule has 0 aromatic heterocycles. The first-order valence-corrected chi connectivity index (χ1v) is 8.56.